The lowest BCUT2D eigenvalue weighted by Crippen LogP contribution is -2.66. The number of hydrogen-bond acceptors (Lipinski definition) is 3. The maximum atomic E-state index is 13.4. The van der Waals surface area contributed by atoms with E-state index in [9.17, 15) is 4.79 Å². The van der Waals surface area contributed by atoms with Crippen molar-refractivity contribution in [2.75, 3.05) is 13.7 Å². The van der Waals surface area contributed by atoms with Gasteiger partial charge >= 0.3 is 0 Å². The van der Waals surface area contributed by atoms with Crippen molar-refractivity contribution in [3.8, 4) is 5.75 Å². The van der Waals surface area contributed by atoms with Gasteiger partial charge in [-0.3, -0.25) is 4.79 Å². The molecule has 0 aliphatic heterocycles. The van der Waals surface area contributed by atoms with Crippen LogP contribution in [0.5, 0.6) is 5.75 Å². The summed E-state index contributed by atoms with van der Waals surface area (Å²) in [4.78, 5) is 13.4. The van der Waals surface area contributed by atoms with Gasteiger partial charge in [0.2, 0.25) is 0 Å². The summed E-state index contributed by atoms with van der Waals surface area (Å²) in [7, 11) is -0.915. The molecule has 0 spiro atoms. The summed E-state index contributed by atoms with van der Waals surface area (Å²) >= 11 is 0. The van der Waals surface area contributed by atoms with Crippen LogP contribution in [0.25, 0.3) is 5.57 Å². The van der Waals surface area contributed by atoms with Crippen LogP contribution >= 0.6 is 0 Å². The summed E-state index contributed by atoms with van der Waals surface area (Å²) in [6, 6.07) is 29.5. The van der Waals surface area contributed by atoms with E-state index in [1.165, 1.54) is 10.4 Å². The Balaban J connectivity index is 1.58. The molecule has 3 aromatic rings. The number of hydrogen-bond donors (Lipinski definition) is 0. The van der Waals surface area contributed by atoms with Crippen molar-refractivity contribution >= 4 is 30.0 Å². The SMILES string of the molecule is C=C(c1ccc(OC)cc1)[C@]1(C)C(=O)CC[C@@]1(C)CCCO[Si](c1ccccc1)(c1ccccc1)C(C)(C)C. The molecular formula is C35H44O3Si. The molecular weight excluding hydrogens is 496 g/mol. The number of methoxy groups -OCH3 is 1. The maximum absolute atomic E-state index is 13.4. The van der Waals surface area contributed by atoms with Crippen LogP contribution in [-0.2, 0) is 9.22 Å². The Kier molecular flexibility index (Phi) is 8.39. The van der Waals surface area contributed by atoms with Gasteiger partial charge in [0.25, 0.3) is 8.32 Å². The zero-order chi connectivity index (χ0) is 28.3. The standard InChI is InChI=1S/C35H44O3Si/c1-27(28-19-21-29(37-7)22-20-28)35(6)32(36)23-25-34(35,5)24-14-26-38-39(33(2,3)4,30-15-10-8-11-16-30)31-17-12-9-13-18-31/h8-13,15-22H,1,14,23-26H2,2-7H3/t34-,35-/m1/s1. The van der Waals surface area contributed by atoms with E-state index >= 15 is 0 Å². The smallest absolute Gasteiger partial charge is 0.261 e. The molecule has 1 aliphatic carbocycles. The molecule has 39 heavy (non-hydrogen) atoms. The van der Waals surface area contributed by atoms with Gasteiger partial charge in [0.1, 0.15) is 11.5 Å². The van der Waals surface area contributed by atoms with Crippen molar-refractivity contribution in [1.29, 1.82) is 0 Å². The Morgan fingerprint density at radius 2 is 1.44 bits per heavy atom. The number of rotatable bonds is 10. The van der Waals surface area contributed by atoms with Crippen molar-refractivity contribution in [2.45, 2.75) is 65.3 Å². The first-order chi connectivity index (χ1) is 18.5. The van der Waals surface area contributed by atoms with Gasteiger partial charge < -0.3 is 9.16 Å². The van der Waals surface area contributed by atoms with Crippen molar-refractivity contribution in [3.05, 3.63) is 97.1 Å². The Hall–Kier alpha value is -2.95. The first-order valence-corrected chi connectivity index (χ1v) is 16.0. The van der Waals surface area contributed by atoms with Crippen LogP contribution in [0.15, 0.2) is 91.5 Å². The quantitative estimate of drug-likeness (QED) is 0.198. The summed E-state index contributed by atoms with van der Waals surface area (Å²) in [5, 5.41) is 2.53. The van der Waals surface area contributed by atoms with E-state index in [0.29, 0.717) is 18.8 Å². The molecule has 0 aromatic heterocycles. The molecule has 2 atom stereocenters. The molecule has 0 amide bonds. The fourth-order valence-electron chi connectivity index (χ4n) is 6.66. The van der Waals surface area contributed by atoms with Crippen molar-refractivity contribution in [2.24, 2.45) is 10.8 Å². The molecule has 3 nitrogen and oxygen atoms in total. The lowest BCUT2D eigenvalue weighted by Gasteiger charge is -2.44. The number of Topliss-reactive ketones (excluding diaryl/α,β-unsaturated/α-hetero) is 1. The molecule has 1 fully saturated rings. The molecule has 3 aromatic carbocycles. The van der Waals surface area contributed by atoms with Gasteiger partial charge in [-0.15, -0.1) is 0 Å². The fraction of sp³-hybridized carbons (Fsp3) is 0.400. The minimum Gasteiger partial charge on any atom is -0.497 e. The van der Waals surface area contributed by atoms with Gasteiger partial charge in [-0.05, 0) is 70.3 Å². The molecule has 206 valence electrons. The van der Waals surface area contributed by atoms with E-state index in [1.807, 2.05) is 24.3 Å². The van der Waals surface area contributed by atoms with Crippen LogP contribution in [0.3, 0.4) is 0 Å². The van der Waals surface area contributed by atoms with Gasteiger partial charge in [0.15, 0.2) is 0 Å². The summed E-state index contributed by atoms with van der Waals surface area (Å²) in [6.07, 6.45) is 3.26. The van der Waals surface area contributed by atoms with E-state index in [0.717, 1.165) is 36.1 Å². The number of carbonyl (C=O) groups is 1. The molecule has 0 radical (unpaired) electrons. The van der Waals surface area contributed by atoms with Gasteiger partial charge in [-0.25, -0.2) is 0 Å². The number of benzene rings is 3. The second kappa shape index (κ2) is 11.3. The summed E-state index contributed by atoms with van der Waals surface area (Å²) in [6.45, 7) is 16.4. The highest BCUT2D eigenvalue weighted by atomic mass is 28.4. The van der Waals surface area contributed by atoms with Crippen molar-refractivity contribution < 1.29 is 14.0 Å². The maximum Gasteiger partial charge on any atom is 0.261 e. The van der Waals surface area contributed by atoms with Crippen LogP contribution in [-0.4, -0.2) is 27.8 Å². The Morgan fingerprint density at radius 1 is 0.897 bits per heavy atom. The molecule has 0 unspecified atom stereocenters. The summed E-state index contributed by atoms with van der Waals surface area (Å²) < 4.78 is 12.5. The molecule has 0 saturated heterocycles. The molecule has 0 heterocycles. The first-order valence-electron chi connectivity index (χ1n) is 14.1. The Bertz CT molecular complexity index is 1240. The highest BCUT2D eigenvalue weighted by Crippen LogP contribution is 2.59. The van der Waals surface area contributed by atoms with Crippen molar-refractivity contribution in [1.82, 2.24) is 0 Å². The largest absolute Gasteiger partial charge is 0.497 e. The average Bonchev–Trinajstić information content (AvgIpc) is 3.18. The lowest BCUT2D eigenvalue weighted by molar-refractivity contribution is -0.125. The minimum absolute atomic E-state index is 0.0555. The van der Waals surface area contributed by atoms with E-state index in [-0.39, 0.29) is 10.5 Å². The number of ketones is 1. The molecule has 0 bridgehead atoms. The van der Waals surface area contributed by atoms with Crippen LogP contribution < -0.4 is 15.1 Å². The molecule has 4 heteroatoms. The third-order valence-corrected chi connectivity index (χ3v) is 14.4. The van der Waals surface area contributed by atoms with Crippen LogP contribution in [0.1, 0.15) is 65.9 Å². The van der Waals surface area contributed by atoms with Gasteiger partial charge in [0, 0.05) is 13.0 Å². The minimum atomic E-state index is -2.58. The molecule has 1 saturated carbocycles. The van der Waals surface area contributed by atoms with Crippen LogP contribution in [0.2, 0.25) is 5.04 Å². The highest BCUT2D eigenvalue weighted by molar-refractivity contribution is 6.99. The van der Waals surface area contributed by atoms with Gasteiger partial charge in [0.05, 0.1) is 12.5 Å². The van der Waals surface area contributed by atoms with Gasteiger partial charge in [-0.2, -0.15) is 0 Å². The first kappa shape index (κ1) is 29.0. The summed E-state index contributed by atoms with van der Waals surface area (Å²) in [5.41, 5.74) is 1.11. The average molecular weight is 541 g/mol. The van der Waals surface area contributed by atoms with Gasteiger partial charge in [-0.1, -0.05) is 107 Å². The predicted molar refractivity (Wildman–Crippen MR) is 165 cm³/mol. The highest BCUT2D eigenvalue weighted by Gasteiger charge is 2.56. The number of ether oxygens (including phenoxy) is 1. The predicted octanol–water partition coefficient (Wildman–Crippen LogP) is 7.44. The van der Waals surface area contributed by atoms with E-state index in [2.05, 4.69) is 102 Å². The van der Waals surface area contributed by atoms with E-state index in [1.54, 1.807) is 7.11 Å². The zero-order valence-corrected chi connectivity index (χ0v) is 25.6. The summed E-state index contributed by atoms with van der Waals surface area (Å²) in [5.74, 6) is 1.09. The molecule has 0 N–H and O–H groups in total. The second-order valence-electron chi connectivity index (χ2n) is 12.4. The zero-order valence-electron chi connectivity index (χ0n) is 24.6. The second-order valence-corrected chi connectivity index (χ2v) is 16.7. The van der Waals surface area contributed by atoms with Crippen LogP contribution in [0.4, 0.5) is 0 Å². The van der Waals surface area contributed by atoms with E-state index < -0.39 is 13.7 Å². The van der Waals surface area contributed by atoms with E-state index in [4.69, 9.17) is 9.16 Å². The molecule has 1 aliphatic rings. The fourth-order valence-corrected chi connectivity index (χ4v) is 11.3. The normalized spacial score (nSPS) is 21.6. The monoisotopic (exact) mass is 540 g/mol. The van der Waals surface area contributed by atoms with Crippen molar-refractivity contribution in [3.63, 3.8) is 0 Å². The third kappa shape index (κ3) is 5.17. The van der Waals surface area contributed by atoms with Crippen LogP contribution in [0, 0.1) is 10.8 Å². The third-order valence-electron chi connectivity index (χ3n) is 9.32. The topological polar surface area (TPSA) is 35.5 Å². The lowest BCUT2D eigenvalue weighted by atomic mass is 9.60. The number of allylic oxidation sites excluding steroid dienone is 1. The number of carbonyl (C=O) groups excluding carboxylic acids is 1. The Morgan fingerprint density at radius 3 is 1.92 bits per heavy atom. The molecule has 4 rings (SSSR count). The Labute approximate surface area is 236 Å².